The number of nitrogen functional groups attached to an aromatic ring is 1. The topological polar surface area (TPSA) is 77.2 Å². The molecule has 3 N–H and O–H groups in total. The summed E-state index contributed by atoms with van der Waals surface area (Å²) in [6, 6.07) is 15.1. The summed E-state index contributed by atoms with van der Waals surface area (Å²) in [7, 11) is 0. The van der Waals surface area contributed by atoms with Gasteiger partial charge in [0.15, 0.2) is 11.2 Å². The lowest BCUT2D eigenvalue weighted by Crippen LogP contribution is -2.30. The molecule has 6 heteroatoms. The van der Waals surface area contributed by atoms with Crippen LogP contribution in [0.15, 0.2) is 53.9 Å². The minimum atomic E-state index is -0.609. The van der Waals surface area contributed by atoms with Crippen molar-refractivity contribution in [3.63, 3.8) is 0 Å². The average molecular weight is 353 g/mol. The molecule has 3 rings (SSSR count). The highest BCUT2D eigenvalue weighted by molar-refractivity contribution is 7.13. The van der Waals surface area contributed by atoms with Gasteiger partial charge < -0.3 is 15.8 Å². The van der Waals surface area contributed by atoms with Crippen molar-refractivity contribution >= 4 is 28.1 Å². The van der Waals surface area contributed by atoms with Gasteiger partial charge >= 0.3 is 0 Å². The van der Waals surface area contributed by atoms with Crippen LogP contribution in [0.2, 0.25) is 0 Å². The van der Waals surface area contributed by atoms with E-state index in [9.17, 15) is 4.79 Å². The van der Waals surface area contributed by atoms with Gasteiger partial charge in [0.1, 0.15) is 5.75 Å². The van der Waals surface area contributed by atoms with Gasteiger partial charge in [-0.05, 0) is 50.2 Å². The number of ether oxygens (including phenoxy) is 1. The Hall–Kier alpha value is -2.86. The Bertz CT molecular complexity index is 857. The van der Waals surface area contributed by atoms with Crippen LogP contribution in [0.5, 0.6) is 5.75 Å². The second-order valence-electron chi connectivity index (χ2n) is 5.71. The molecular weight excluding hydrogens is 334 g/mol. The van der Waals surface area contributed by atoms with Gasteiger partial charge in [-0.2, -0.15) is 0 Å². The fourth-order valence-corrected chi connectivity index (χ4v) is 2.84. The molecule has 3 aromatic rings. The predicted molar refractivity (Wildman–Crippen MR) is 102 cm³/mol. The molecule has 1 aromatic heterocycles. The van der Waals surface area contributed by atoms with Crippen molar-refractivity contribution in [2.24, 2.45) is 0 Å². The lowest BCUT2D eigenvalue weighted by atomic mass is 10.2. The van der Waals surface area contributed by atoms with Gasteiger partial charge in [0.25, 0.3) is 5.91 Å². The van der Waals surface area contributed by atoms with E-state index >= 15 is 0 Å². The second-order valence-corrected chi connectivity index (χ2v) is 6.60. The zero-order chi connectivity index (χ0) is 17.8. The van der Waals surface area contributed by atoms with Gasteiger partial charge in [0.2, 0.25) is 0 Å². The third kappa shape index (κ3) is 4.36. The molecule has 0 radical (unpaired) electrons. The van der Waals surface area contributed by atoms with E-state index < -0.39 is 6.10 Å². The van der Waals surface area contributed by atoms with Gasteiger partial charge in [-0.25, -0.2) is 4.98 Å². The number of benzene rings is 2. The fourth-order valence-electron chi connectivity index (χ4n) is 2.26. The molecule has 0 spiro atoms. The van der Waals surface area contributed by atoms with Crippen LogP contribution in [0.3, 0.4) is 0 Å². The van der Waals surface area contributed by atoms with Gasteiger partial charge in [-0.15, -0.1) is 11.3 Å². The number of rotatable bonds is 5. The highest BCUT2D eigenvalue weighted by atomic mass is 32.1. The van der Waals surface area contributed by atoms with E-state index in [1.54, 1.807) is 6.92 Å². The largest absolute Gasteiger partial charge is 0.481 e. The fraction of sp³-hybridized carbons (Fsp3) is 0.158. The van der Waals surface area contributed by atoms with Crippen molar-refractivity contribution in [3.05, 3.63) is 59.5 Å². The third-order valence-electron chi connectivity index (χ3n) is 3.67. The first kappa shape index (κ1) is 17.0. The van der Waals surface area contributed by atoms with Gasteiger partial charge in [-0.1, -0.05) is 17.7 Å². The molecule has 1 heterocycles. The van der Waals surface area contributed by atoms with Crippen LogP contribution in [-0.2, 0) is 4.79 Å². The Labute approximate surface area is 150 Å². The summed E-state index contributed by atoms with van der Waals surface area (Å²) in [5.74, 6) is 0.429. The van der Waals surface area contributed by atoms with Crippen LogP contribution in [0.1, 0.15) is 12.5 Å². The number of amides is 1. The molecule has 0 aliphatic rings. The number of hydrogen-bond acceptors (Lipinski definition) is 5. The van der Waals surface area contributed by atoms with E-state index in [4.69, 9.17) is 10.5 Å². The number of nitrogens with zero attached hydrogens (tertiary/aromatic N) is 1. The van der Waals surface area contributed by atoms with Crippen LogP contribution < -0.4 is 15.8 Å². The minimum absolute atomic E-state index is 0.194. The van der Waals surface area contributed by atoms with Gasteiger partial charge in [-0.3, -0.25) is 4.79 Å². The number of carbonyl (C=O) groups is 1. The molecule has 1 amide bonds. The van der Waals surface area contributed by atoms with Gasteiger partial charge in [0, 0.05) is 16.6 Å². The monoisotopic (exact) mass is 353 g/mol. The van der Waals surface area contributed by atoms with Crippen LogP contribution in [0.4, 0.5) is 10.8 Å². The number of carbonyl (C=O) groups excluding carboxylic acids is 1. The number of nitrogens with one attached hydrogen (secondary N) is 1. The van der Waals surface area contributed by atoms with Crippen molar-refractivity contribution < 1.29 is 9.53 Å². The van der Waals surface area contributed by atoms with E-state index in [1.165, 1.54) is 11.3 Å². The van der Waals surface area contributed by atoms with Crippen LogP contribution in [-0.4, -0.2) is 17.0 Å². The summed E-state index contributed by atoms with van der Waals surface area (Å²) < 4.78 is 5.71. The van der Waals surface area contributed by atoms with E-state index in [2.05, 4.69) is 10.3 Å². The van der Waals surface area contributed by atoms with Crippen LogP contribution in [0, 0.1) is 6.92 Å². The van der Waals surface area contributed by atoms with Crippen molar-refractivity contribution in [1.29, 1.82) is 0 Å². The molecule has 0 saturated carbocycles. The standard InChI is InChI=1S/C19H19N3O2S/c1-12-3-7-15(8-4-12)21-18(23)13(2)24-16-9-5-14(6-10-16)17-11-25-19(20)22-17/h3-11,13H,1-2H3,(H2,20,22)(H,21,23). The summed E-state index contributed by atoms with van der Waals surface area (Å²) in [5, 5.41) is 5.29. The van der Waals surface area contributed by atoms with E-state index in [0.29, 0.717) is 10.9 Å². The number of thiazole rings is 1. The molecule has 2 aromatic carbocycles. The van der Waals surface area contributed by atoms with Crippen molar-refractivity contribution in [3.8, 4) is 17.0 Å². The van der Waals surface area contributed by atoms with Crippen molar-refractivity contribution in [2.45, 2.75) is 20.0 Å². The predicted octanol–water partition coefficient (Wildman–Crippen LogP) is 4.11. The number of anilines is 2. The maximum atomic E-state index is 12.2. The summed E-state index contributed by atoms with van der Waals surface area (Å²) in [6.45, 7) is 3.72. The van der Waals surface area contributed by atoms with Crippen molar-refractivity contribution in [2.75, 3.05) is 11.1 Å². The molecule has 128 valence electrons. The quantitative estimate of drug-likeness (QED) is 0.724. The minimum Gasteiger partial charge on any atom is -0.481 e. The SMILES string of the molecule is Cc1ccc(NC(=O)C(C)Oc2ccc(-c3csc(N)n3)cc2)cc1. The number of hydrogen-bond donors (Lipinski definition) is 2. The molecular formula is C19H19N3O2S. The summed E-state index contributed by atoms with van der Waals surface area (Å²) in [4.78, 5) is 16.5. The van der Waals surface area contributed by atoms with Crippen molar-refractivity contribution in [1.82, 2.24) is 4.98 Å². The normalized spacial score (nSPS) is 11.8. The van der Waals surface area contributed by atoms with E-state index in [0.717, 1.165) is 22.5 Å². The molecule has 1 unspecified atom stereocenters. The highest BCUT2D eigenvalue weighted by Gasteiger charge is 2.15. The Kier molecular flexibility index (Phi) is 5.00. The molecule has 0 aliphatic carbocycles. The maximum absolute atomic E-state index is 12.2. The summed E-state index contributed by atoms with van der Waals surface area (Å²) in [6.07, 6.45) is -0.609. The van der Waals surface area contributed by atoms with E-state index in [-0.39, 0.29) is 5.91 Å². The van der Waals surface area contributed by atoms with Crippen LogP contribution >= 0.6 is 11.3 Å². The number of aromatic nitrogens is 1. The molecule has 0 aliphatic heterocycles. The maximum Gasteiger partial charge on any atom is 0.265 e. The van der Waals surface area contributed by atoms with Crippen LogP contribution in [0.25, 0.3) is 11.3 Å². The number of nitrogens with two attached hydrogens (primary N) is 1. The molecule has 5 nitrogen and oxygen atoms in total. The van der Waals surface area contributed by atoms with E-state index in [1.807, 2.05) is 60.8 Å². The Morgan fingerprint density at radius 1 is 1.16 bits per heavy atom. The Balaban J connectivity index is 1.61. The van der Waals surface area contributed by atoms with Gasteiger partial charge in [0.05, 0.1) is 5.69 Å². The second kappa shape index (κ2) is 7.36. The smallest absolute Gasteiger partial charge is 0.265 e. The zero-order valence-corrected chi connectivity index (χ0v) is 14.8. The highest BCUT2D eigenvalue weighted by Crippen LogP contribution is 2.25. The lowest BCUT2D eigenvalue weighted by Gasteiger charge is -2.15. The third-order valence-corrected chi connectivity index (χ3v) is 4.35. The number of aryl methyl sites for hydroxylation is 1. The summed E-state index contributed by atoms with van der Waals surface area (Å²) >= 11 is 1.40. The molecule has 0 bridgehead atoms. The lowest BCUT2D eigenvalue weighted by molar-refractivity contribution is -0.122. The Morgan fingerprint density at radius 3 is 2.44 bits per heavy atom. The molecule has 0 fully saturated rings. The molecule has 25 heavy (non-hydrogen) atoms. The molecule has 0 saturated heterocycles. The first-order valence-electron chi connectivity index (χ1n) is 7.87. The average Bonchev–Trinajstić information content (AvgIpc) is 3.04. The Morgan fingerprint density at radius 2 is 1.84 bits per heavy atom. The molecule has 1 atom stereocenters. The zero-order valence-electron chi connectivity index (χ0n) is 14.0. The summed E-state index contributed by atoms with van der Waals surface area (Å²) in [5.41, 5.74) is 9.34. The first-order chi connectivity index (χ1) is 12.0. The first-order valence-corrected chi connectivity index (χ1v) is 8.75.